The minimum Gasteiger partial charge on any atom is -0.368 e. The fourth-order valence-electron chi connectivity index (χ4n) is 5.70. The van der Waals surface area contributed by atoms with E-state index in [1.54, 1.807) is 13.8 Å². The summed E-state index contributed by atoms with van der Waals surface area (Å²) in [5.74, 6) is -1.99. The van der Waals surface area contributed by atoms with Gasteiger partial charge in [0.2, 0.25) is 5.91 Å². The van der Waals surface area contributed by atoms with E-state index in [0.717, 1.165) is 22.3 Å². The molecule has 0 aromatic heterocycles. The van der Waals surface area contributed by atoms with Crippen LogP contribution in [0.4, 0.5) is 4.39 Å². The zero-order chi connectivity index (χ0) is 34.3. The van der Waals surface area contributed by atoms with E-state index >= 15 is 4.39 Å². The van der Waals surface area contributed by atoms with E-state index in [0.29, 0.717) is 0 Å². The number of ether oxygens (including phenoxy) is 5. The van der Waals surface area contributed by atoms with Gasteiger partial charge in [0.05, 0.1) is 45.7 Å². The minimum atomic E-state index is -4.13. The summed E-state index contributed by atoms with van der Waals surface area (Å²) in [4.78, 5) is 0. The molecule has 4 aromatic carbocycles. The van der Waals surface area contributed by atoms with Gasteiger partial charge in [-0.3, -0.25) is 4.57 Å². The molecule has 5 rings (SSSR count). The Hall–Kier alpha value is -3.24. The van der Waals surface area contributed by atoms with Gasteiger partial charge in [-0.05, 0) is 36.1 Å². The molecule has 1 aliphatic rings. The highest BCUT2D eigenvalue weighted by molar-refractivity contribution is 7.54. The van der Waals surface area contributed by atoms with E-state index in [1.807, 2.05) is 121 Å². The maximum Gasteiger partial charge on any atom is 0.364 e. The maximum atomic E-state index is 16.2. The van der Waals surface area contributed by atoms with Gasteiger partial charge < -0.3 is 32.7 Å². The molecule has 0 saturated carbocycles. The maximum absolute atomic E-state index is 16.2. The Balaban J connectivity index is 1.51. The standard InChI is InChI=1S/C39H46FO8P/c1-3-46-49(41,47-4-2)35(40)25-34-36(42-26-30-17-9-5-10-18-30)37(43-27-31-19-11-6-12-20-31)38(44-28-32-21-13-7-14-22-32)39(48-34)45-29-33-23-15-8-16-24-33/h5-24,34-39H,3-4,25-29H2,1-2H3/t34-,35-,36-,37+,38-,39-/m1/s1. The fourth-order valence-corrected chi connectivity index (χ4v) is 7.29. The molecule has 1 heterocycles. The van der Waals surface area contributed by atoms with E-state index in [2.05, 4.69) is 0 Å². The van der Waals surface area contributed by atoms with Crippen LogP contribution in [0.5, 0.6) is 0 Å². The van der Waals surface area contributed by atoms with Crippen LogP contribution in [-0.4, -0.2) is 49.8 Å². The van der Waals surface area contributed by atoms with Crippen molar-refractivity contribution in [2.24, 2.45) is 0 Å². The number of alkyl halides is 1. The van der Waals surface area contributed by atoms with Crippen molar-refractivity contribution in [1.82, 2.24) is 0 Å². The zero-order valence-electron chi connectivity index (χ0n) is 28.1. The average Bonchev–Trinajstić information content (AvgIpc) is 3.14. The number of hydrogen-bond donors (Lipinski definition) is 0. The van der Waals surface area contributed by atoms with Gasteiger partial charge in [0.15, 0.2) is 6.29 Å². The predicted octanol–water partition coefficient (Wildman–Crippen LogP) is 8.64. The summed E-state index contributed by atoms with van der Waals surface area (Å²) in [5.41, 5.74) is 3.73. The number of halogens is 1. The fraction of sp³-hybridized carbons (Fsp3) is 0.385. The minimum absolute atomic E-state index is 0.0260. The van der Waals surface area contributed by atoms with Crippen LogP contribution in [0.3, 0.4) is 0 Å². The summed E-state index contributed by atoms with van der Waals surface area (Å²) in [5, 5.41) is 0. The molecule has 0 aliphatic carbocycles. The normalized spacial score (nSPS) is 21.7. The first kappa shape index (κ1) is 37.0. The molecule has 0 radical (unpaired) electrons. The predicted molar refractivity (Wildman–Crippen MR) is 185 cm³/mol. The summed E-state index contributed by atoms with van der Waals surface area (Å²) >= 11 is 0. The zero-order valence-corrected chi connectivity index (χ0v) is 28.9. The van der Waals surface area contributed by atoms with E-state index in [-0.39, 0.29) is 46.1 Å². The van der Waals surface area contributed by atoms with Crippen molar-refractivity contribution < 1.29 is 41.7 Å². The Bertz CT molecular complexity index is 1520. The quantitative estimate of drug-likeness (QED) is 0.0904. The molecule has 1 fully saturated rings. The Labute approximate surface area is 288 Å². The largest absolute Gasteiger partial charge is 0.368 e. The summed E-state index contributed by atoms with van der Waals surface area (Å²) < 4.78 is 73.4. The Morgan fingerprint density at radius 1 is 0.571 bits per heavy atom. The van der Waals surface area contributed by atoms with Crippen molar-refractivity contribution in [1.29, 1.82) is 0 Å². The lowest BCUT2D eigenvalue weighted by Crippen LogP contribution is -2.61. The van der Waals surface area contributed by atoms with Crippen LogP contribution < -0.4 is 0 Å². The second kappa shape index (κ2) is 19.2. The van der Waals surface area contributed by atoms with Gasteiger partial charge in [0.25, 0.3) is 0 Å². The van der Waals surface area contributed by atoms with Crippen LogP contribution in [0.2, 0.25) is 0 Å². The van der Waals surface area contributed by atoms with Crippen molar-refractivity contribution in [3.8, 4) is 0 Å². The second-order valence-electron chi connectivity index (χ2n) is 11.7. The van der Waals surface area contributed by atoms with Crippen LogP contribution in [0.1, 0.15) is 42.5 Å². The summed E-state index contributed by atoms with van der Waals surface area (Å²) in [7, 11) is -4.13. The van der Waals surface area contributed by atoms with Crippen molar-refractivity contribution >= 4 is 7.60 Å². The van der Waals surface area contributed by atoms with Crippen molar-refractivity contribution in [2.45, 2.75) is 83.3 Å². The Kier molecular flexibility index (Phi) is 14.5. The van der Waals surface area contributed by atoms with E-state index in [9.17, 15) is 4.57 Å². The summed E-state index contributed by atoms with van der Waals surface area (Å²) in [6.07, 6.45) is -4.72. The van der Waals surface area contributed by atoms with Gasteiger partial charge in [0, 0.05) is 6.42 Å². The van der Waals surface area contributed by atoms with Crippen LogP contribution in [-0.2, 0) is 63.7 Å². The van der Waals surface area contributed by atoms with Gasteiger partial charge in [-0.1, -0.05) is 121 Å². The SMILES string of the molecule is CCOP(=O)(OCC)[C@@H](F)C[C@H]1O[C@@H](OCc2ccccc2)[C@H](OCc2ccccc2)[C@@H](OCc2ccccc2)[C@@H]1OCc1ccccc1. The van der Waals surface area contributed by atoms with Crippen LogP contribution >= 0.6 is 7.60 Å². The second-order valence-corrected chi connectivity index (χ2v) is 13.8. The summed E-state index contributed by atoms with van der Waals surface area (Å²) in [6.45, 7) is 4.24. The topological polar surface area (TPSA) is 81.7 Å². The lowest BCUT2D eigenvalue weighted by atomic mass is 9.95. The third-order valence-corrected chi connectivity index (χ3v) is 10.2. The first-order valence-corrected chi connectivity index (χ1v) is 18.4. The molecule has 0 amide bonds. The van der Waals surface area contributed by atoms with E-state index in [4.69, 9.17) is 32.7 Å². The number of rotatable bonds is 19. The van der Waals surface area contributed by atoms with Crippen LogP contribution in [0.15, 0.2) is 121 Å². The molecule has 0 unspecified atom stereocenters. The molecule has 4 aromatic rings. The molecule has 0 spiro atoms. The van der Waals surface area contributed by atoms with Gasteiger partial charge in [-0.15, -0.1) is 0 Å². The molecule has 8 nitrogen and oxygen atoms in total. The van der Waals surface area contributed by atoms with Crippen molar-refractivity contribution in [3.63, 3.8) is 0 Å². The third-order valence-electron chi connectivity index (χ3n) is 8.09. The number of hydrogen-bond acceptors (Lipinski definition) is 8. The molecule has 0 N–H and O–H groups in total. The Morgan fingerprint density at radius 2 is 0.939 bits per heavy atom. The van der Waals surface area contributed by atoms with Crippen LogP contribution in [0, 0.1) is 0 Å². The number of benzene rings is 4. The van der Waals surface area contributed by atoms with E-state index in [1.165, 1.54) is 0 Å². The van der Waals surface area contributed by atoms with Gasteiger partial charge in [0.1, 0.15) is 18.3 Å². The van der Waals surface area contributed by atoms with Gasteiger partial charge in [-0.25, -0.2) is 4.39 Å². The molecule has 6 atom stereocenters. The molecular weight excluding hydrogens is 646 g/mol. The molecule has 10 heteroatoms. The lowest BCUT2D eigenvalue weighted by Gasteiger charge is -2.46. The van der Waals surface area contributed by atoms with E-state index < -0.39 is 44.2 Å². The molecule has 1 aliphatic heterocycles. The highest BCUT2D eigenvalue weighted by atomic mass is 31.2. The van der Waals surface area contributed by atoms with Crippen LogP contribution in [0.25, 0.3) is 0 Å². The molecule has 262 valence electrons. The average molecular weight is 693 g/mol. The highest BCUT2D eigenvalue weighted by Gasteiger charge is 2.51. The first-order valence-electron chi connectivity index (χ1n) is 16.8. The lowest BCUT2D eigenvalue weighted by molar-refractivity contribution is -0.327. The van der Waals surface area contributed by atoms with Crippen molar-refractivity contribution in [2.75, 3.05) is 13.2 Å². The third kappa shape index (κ3) is 10.9. The Morgan fingerprint density at radius 3 is 1.35 bits per heavy atom. The molecular formula is C39H46FO8P. The highest BCUT2D eigenvalue weighted by Crippen LogP contribution is 2.56. The van der Waals surface area contributed by atoms with Gasteiger partial charge in [-0.2, -0.15) is 0 Å². The molecule has 49 heavy (non-hydrogen) atoms. The first-order chi connectivity index (χ1) is 24.0. The summed E-state index contributed by atoms with van der Waals surface area (Å²) in [6, 6.07) is 38.9. The van der Waals surface area contributed by atoms with Gasteiger partial charge >= 0.3 is 7.60 Å². The molecule has 0 bridgehead atoms. The monoisotopic (exact) mass is 692 g/mol. The van der Waals surface area contributed by atoms with Crippen molar-refractivity contribution in [3.05, 3.63) is 144 Å². The smallest absolute Gasteiger partial charge is 0.364 e. The molecule has 1 saturated heterocycles.